The second kappa shape index (κ2) is 6.26. The molecular formula is C15H13N3O. The lowest BCUT2D eigenvalue weighted by molar-refractivity contribution is -0.104. The van der Waals surface area contributed by atoms with Crippen molar-refractivity contribution in [2.24, 2.45) is 10.2 Å². The zero-order valence-electron chi connectivity index (χ0n) is 10.3. The van der Waals surface area contributed by atoms with Gasteiger partial charge >= 0.3 is 0 Å². The maximum absolute atomic E-state index is 10.4. The van der Waals surface area contributed by atoms with Crippen molar-refractivity contribution in [3.05, 3.63) is 66.9 Å². The number of aldehydes is 1. The fraction of sp³-hybridized carbons (Fsp3) is 0. The zero-order chi connectivity index (χ0) is 13.5. The normalized spacial score (nSPS) is 10.3. The predicted octanol–water partition coefficient (Wildman–Crippen LogP) is 4.23. The molecule has 0 spiro atoms. The first-order chi connectivity index (χ1) is 9.28. The SMILES string of the molecule is C=C(C=O)Nc1ccc(N=Nc2ccccc2)cc1. The molecule has 0 bridgehead atoms. The summed E-state index contributed by atoms with van der Waals surface area (Å²) in [5.74, 6) is 0. The van der Waals surface area contributed by atoms with Gasteiger partial charge in [0.25, 0.3) is 0 Å². The van der Waals surface area contributed by atoms with E-state index in [-0.39, 0.29) is 0 Å². The summed E-state index contributed by atoms with van der Waals surface area (Å²) in [6.07, 6.45) is 0.670. The van der Waals surface area contributed by atoms with E-state index >= 15 is 0 Å². The van der Waals surface area contributed by atoms with E-state index in [1.165, 1.54) is 0 Å². The van der Waals surface area contributed by atoms with Crippen LogP contribution in [0.25, 0.3) is 0 Å². The lowest BCUT2D eigenvalue weighted by Gasteiger charge is -2.03. The van der Waals surface area contributed by atoms with Crippen LogP contribution in [0.4, 0.5) is 17.1 Å². The van der Waals surface area contributed by atoms with E-state index in [1.807, 2.05) is 54.6 Å². The molecule has 94 valence electrons. The summed E-state index contributed by atoms with van der Waals surface area (Å²) < 4.78 is 0. The highest BCUT2D eigenvalue weighted by Gasteiger charge is 1.95. The molecule has 0 unspecified atom stereocenters. The lowest BCUT2D eigenvalue weighted by Crippen LogP contribution is -1.97. The van der Waals surface area contributed by atoms with Crippen LogP contribution >= 0.6 is 0 Å². The molecule has 0 radical (unpaired) electrons. The lowest BCUT2D eigenvalue weighted by atomic mass is 10.3. The van der Waals surface area contributed by atoms with Crippen LogP contribution in [0, 0.1) is 0 Å². The van der Waals surface area contributed by atoms with Gasteiger partial charge in [0.15, 0.2) is 6.29 Å². The summed E-state index contributed by atoms with van der Waals surface area (Å²) in [5.41, 5.74) is 2.65. The number of azo groups is 1. The van der Waals surface area contributed by atoms with Crippen molar-refractivity contribution in [3.8, 4) is 0 Å². The van der Waals surface area contributed by atoms with Crippen molar-refractivity contribution in [2.45, 2.75) is 0 Å². The molecule has 0 aliphatic rings. The Hall–Kier alpha value is -2.75. The van der Waals surface area contributed by atoms with Crippen molar-refractivity contribution in [2.75, 3.05) is 5.32 Å². The highest BCUT2D eigenvalue weighted by Crippen LogP contribution is 2.20. The summed E-state index contributed by atoms with van der Waals surface area (Å²) in [7, 11) is 0. The summed E-state index contributed by atoms with van der Waals surface area (Å²) in [5, 5.41) is 11.1. The molecule has 0 saturated heterocycles. The third-order valence-corrected chi connectivity index (χ3v) is 2.35. The molecule has 19 heavy (non-hydrogen) atoms. The highest BCUT2D eigenvalue weighted by atomic mass is 16.1. The van der Waals surface area contributed by atoms with E-state index in [0.29, 0.717) is 12.0 Å². The van der Waals surface area contributed by atoms with Crippen molar-refractivity contribution >= 4 is 23.3 Å². The molecule has 4 heteroatoms. The Balaban J connectivity index is 2.05. The third-order valence-electron chi connectivity index (χ3n) is 2.35. The van der Waals surface area contributed by atoms with Crippen LogP contribution in [0.2, 0.25) is 0 Å². The molecule has 4 nitrogen and oxygen atoms in total. The Morgan fingerprint density at radius 2 is 1.53 bits per heavy atom. The summed E-state index contributed by atoms with van der Waals surface area (Å²) in [6, 6.07) is 16.8. The van der Waals surface area contributed by atoms with Crippen LogP contribution in [0.1, 0.15) is 0 Å². The van der Waals surface area contributed by atoms with Crippen LogP contribution in [0.15, 0.2) is 77.1 Å². The average Bonchev–Trinajstić information content (AvgIpc) is 2.47. The smallest absolute Gasteiger partial charge is 0.165 e. The number of rotatable bonds is 5. The molecule has 0 saturated carbocycles. The van der Waals surface area contributed by atoms with E-state index in [1.54, 1.807) is 0 Å². The van der Waals surface area contributed by atoms with Gasteiger partial charge in [-0.25, -0.2) is 0 Å². The Morgan fingerprint density at radius 3 is 2.11 bits per heavy atom. The Bertz CT molecular complexity index is 589. The average molecular weight is 251 g/mol. The quantitative estimate of drug-likeness (QED) is 0.491. The van der Waals surface area contributed by atoms with Gasteiger partial charge in [-0.2, -0.15) is 10.2 Å². The van der Waals surface area contributed by atoms with Gasteiger partial charge in [-0.15, -0.1) is 0 Å². The number of nitrogens with one attached hydrogen (secondary N) is 1. The first-order valence-corrected chi connectivity index (χ1v) is 5.76. The van der Waals surface area contributed by atoms with Crippen molar-refractivity contribution in [1.29, 1.82) is 0 Å². The number of hydrogen-bond donors (Lipinski definition) is 1. The number of nitrogens with zero attached hydrogens (tertiary/aromatic N) is 2. The van der Waals surface area contributed by atoms with Gasteiger partial charge in [0.2, 0.25) is 0 Å². The van der Waals surface area contributed by atoms with E-state index in [9.17, 15) is 4.79 Å². The van der Waals surface area contributed by atoms with Gasteiger partial charge in [0.1, 0.15) is 0 Å². The Morgan fingerprint density at radius 1 is 0.947 bits per heavy atom. The number of allylic oxidation sites excluding steroid dienone is 1. The Kier molecular flexibility index (Phi) is 4.18. The predicted molar refractivity (Wildman–Crippen MR) is 75.9 cm³/mol. The molecule has 0 aliphatic carbocycles. The molecular weight excluding hydrogens is 238 g/mol. The first kappa shape index (κ1) is 12.7. The topological polar surface area (TPSA) is 53.8 Å². The number of carbonyl (C=O) groups excluding carboxylic acids is 1. The molecule has 0 amide bonds. The number of benzene rings is 2. The first-order valence-electron chi connectivity index (χ1n) is 5.76. The van der Waals surface area contributed by atoms with Gasteiger partial charge in [-0.3, -0.25) is 4.79 Å². The molecule has 0 fully saturated rings. The van der Waals surface area contributed by atoms with Crippen molar-refractivity contribution < 1.29 is 4.79 Å². The van der Waals surface area contributed by atoms with Gasteiger partial charge in [-0.05, 0) is 36.4 Å². The van der Waals surface area contributed by atoms with Crippen LogP contribution in [-0.4, -0.2) is 6.29 Å². The molecule has 1 N–H and O–H groups in total. The van der Waals surface area contributed by atoms with Gasteiger partial charge < -0.3 is 5.32 Å². The third kappa shape index (κ3) is 3.89. The molecule has 0 heterocycles. The number of carbonyl (C=O) groups is 1. The maximum atomic E-state index is 10.4. The minimum atomic E-state index is 0.318. The largest absolute Gasteiger partial charge is 0.353 e. The molecule has 0 aromatic heterocycles. The van der Waals surface area contributed by atoms with Gasteiger partial charge in [0, 0.05) is 5.69 Å². The molecule has 0 atom stereocenters. The van der Waals surface area contributed by atoms with Crippen molar-refractivity contribution in [3.63, 3.8) is 0 Å². The maximum Gasteiger partial charge on any atom is 0.165 e. The van der Waals surface area contributed by atoms with E-state index in [4.69, 9.17) is 0 Å². The number of anilines is 1. The standard InChI is InChI=1S/C15H13N3O/c1-12(11-19)16-13-7-9-15(10-8-13)18-17-14-5-3-2-4-6-14/h2-11,16H,1H2. The van der Waals surface area contributed by atoms with Crippen LogP contribution < -0.4 is 5.32 Å². The molecule has 2 aromatic rings. The second-order valence-corrected chi connectivity index (χ2v) is 3.85. The van der Waals surface area contributed by atoms with Crippen molar-refractivity contribution in [1.82, 2.24) is 0 Å². The van der Waals surface area contributed by atoms with Gasteiger partial charge in [0.05, 0.1) is 17.1 Å². The number of hydrogen-bond acceptors (Lipinski definition) is 4. The minimum Gasteiger partial charge on any atom is -0.353 e. The van der Waals surface area contributed by atoms with Crippen LogP contribution in [0.5, 0.6) is 0 Å². The molecule has 2 rings (SSSR count). The van der Waals surface area contributed by atoms with Crippen LogP contribution in [0.3, 0.4) is 0 Å². The van der Waals surface area contributed by atoms with E-state index in [0.717, 1.165) is 17.1 Å². The van der Waals surface area contributed by atoms with Gasteiger partial charge in [-0.1, -0.05) is 24.8 Å². The van der Waals surface area contributed by atoms with E-state index < -0.39 is 0 Å². The van der Waals surface area contributed by atoms with E-state index in [2.05, 4.69) is 22.1 Å². The highest BCUT2D eigenvalue weighted by molar-refractivity contribution is 5.77. The van der Waals surface area contributed by atoms with Crippen LogP contribution in [-0.2, 0) is 4.79 Å². The second-order valence-electron chi connectivity index (χ2n) is 3.85. The summed E-state index contributed by atoms with van der Waals surface area (Å²) in [4.78, 5) is 10.4. The monoisotopic (exact) mass is 251 g/mol. The molecule has 0 aliphatic heterocycles. The molecule has 2 aromatic carbocycles. The zero-order valence-corrected chi connectivity index (χ0v) is 10.3. The summed E-state index contributed by atoms with van der Waals surface area (Å²) >= 11 is 0. The fourth-order valence-electron chi connectivity index (χ4n) is 1.44. The fourth-order valence-corrected chi connectivity index (χ4v) is 1.44. The Labute approximate surface area is 111 Å². The minimum absolute atomic E-state index is 0.318. The summed E-state index contributed by atoms with van der Waals surface area (Å²) in [6.45, 7) is 3.55.